The SMILES string of the molecule is COC(=O)CO[C@@H]1[C@H](NC(=O)c2ccc(Br)cc2)[C@H](OC(C)=O)O[C@@H](COC(C)=O)[C@H]1OC(C)=O. The summed E-state index contributed by atoms with van der Waals surface area (Å²) in [5.74, 6) is -3.47. The summed E-state index contributed by atoms with van der Waals surface area (Å²) in [6.07, 6.45) is -5.13. The molecule has 5 atom stereocenters. The Morgan fingerprint density at radius 1 is 0.943 bits per heavy atom. The summed E-state index contributed by atoms with van der Waals surface area (Å²) in [4.78, 5) is 59.8. The molecule has 0 aromatic heterocycles. The van der Waals surface area contributed by atoms with E-state index < -0.39 is 73.6 Å². The minimum absolute atomic E-state index is 0.257. The van der Waals surface area contributed by atoms with Gasteiger partial charge in [0.25, 0.3) is 5.91 Å². The molecule has 0 spiro atoms. The van der Waals surface area contributed by atoms with Crippen LogP contribution in [0.25, 0.3) is 0 Å². The Morgan fingerprint density at radius 3 is 2.11 bits per heavy atom. The number of methoxy groups -OCH3 is 1. The first-order valence-electron chi connectivity index (χ1n) is 10.4. The quantitative estimate of drug-likeness (QED) is 0.339. The fourth-order valence-corrected chi connectivity index (χ4v) is 3.51. The Balaban J connectivity index is 2.45. The van der Waals surface area contributed by atoms with E-state index in [1.807, 2.05) is 0 Å². The first-order chi connectivity index (χ1) is 16.5. The average molecular weight is 560 g/mol. The van der Waals surface area contributed by atoms with Gasteiger partial charge in [-0.1, -0.05) is 15.9 Å². The summed E-state index contributed by atoms with van der Waals surface area (Å²) < 4.78 is 32.4. The Kier molecular flexibility index (Phi) is 10.6. The van der Waals surface area contributed by atoms with Gasteiger partial charge in [0.1, 0.15) is 31.5 Å². The number of halogens is 1. The van der Waals surface area contributed by atoms with E-state index in [9.17, 15) is 24.0 Å². The van der Waals surface area contributed by atoms with Gasteiger partial charge in [-0.15, -0.1) is 0 Å². The Hall–Kier alpha value is -3.03. The molecule has 0 saturated carbocycles. The molecule has 13 heteroatoms. The van der Waals surface area contributed by atoms with Crippen LogP contribution in [0.4, 0.5) is 0 Å². The predicted molar refractivity (Wildman–Crippen MR) is 120 cm³/mol. The monoisotopic (exact) mass is 559 g/mol. The lowest BCUT2D eigenvalue weighted by Gasteiger charge is -2.44. The van der Waals surface area contributed by atoms with Gasteiger partial charge >= 0.3 is 23.9 Å². The van der Waals surface area contributed by atoms with Crippen molar-refractivity contribution in [2.75, 3.05) is 20.3 Å². The molecule has 35 heavy (non-hydrogen) atoms. The highest BCUT2D eigenvalue weighted by atomic mass is 79.9. The van der Waals surface area contributed by atoms with Crippen molar-refractivity contribution in [3.8, 4) is 0 Å². The molecule has 1 heterocycles. The predicted octanol–water partition coefficient (Wildman–Crippen LogP) is 0.889. The van der Waals surface area contributed by atoms with E-state index in [1.165, 1.54) is 6.92 Å². The van der Waals surface area contributed by atoms with E-state index in [4.69, 9.17) is 23.7 Å². The number of benzene rings is 1. The van der Waals surface area contributed by atoms with Gasteiger partial charge in [0.15, 0.2) is 6.10 Å². The maximum Gasteiger partial charge on any atom is 0.331 e. The molecule has 1 aliphatic rings. The molecule has 1 aromatic carbocycles. The number of carbonyl (C=O) groups is 5. The molecular formula is C22H26BrNO11. The van der Waals surface area contributed by atoms with Crippen LogP contribution in [0.5, 0.6) is 0 Å². The van der Waals surface area contributed by atoms with Crippen LogP contribution in [0.3, 0.4) is 0 Å². The van der Waals surface area contributed by atoms with Crippen LogP contribution in [0.2, 0.25) is 0 Å². The van der Waals surface area contributed by atoms with Crippen LogP contribution in [-0.4, -0.2) is 80.8 Å². The number of hydrogen-bond acceptors (Lipinski definition) is 11. The van der Waals surface area contributed by atoms with E-state index in [2.05, 4.69) is 26.0 Å². The summed E-state index contributed by atoms with van der Waals surface area (Å²) in [6, 6.07) is 5.15. The summed E-state index contributed by atoms with van der Waals surface area (Å²) in [6.45, 7) is 2.45. The van der Waals surface area contributed by atoms with E-state index in [1.54, 1.807) is 24.3 Å². The summed E-state index contributed by atoms with van der Waals surface area (Å²) in [5.41, 5.74) is 0.257. The van der Waals surface area contributed by atoms with Gasteiger partial charge in [-0.05, 0) is 24.3 Å². The molecule has 1 amide bonds. The van der Waals surface area contributed by atoms with Crippen molar-refractivity contribution in [1.82, 2.24) is 5.32 Å². The second-order valence-electron chi connectivity index (χ2n) is 7.39. The molecule has 1 fully saturated rings. The first kappa shape index (κ1) is 28.2. The molecule has 0 bridgehead atoms. The maximum atomic E-state index is 13.0. The Bertz CT molecular complexity index is 936. The Morgan fingerprint density at radius 2 is 1.57 bits per heavy atom. The van der Waals surface area contributed by atoms with Gasteiger partial charge in [-0.3, -0.25) is 19.2 Å². The van der Waals surface area contributed by atoms with Crippen molar-refractivity contribution in [1.29, 1.82) is 0 Å². The van der Waals surface area contributed by atoms with Gasteiger partial charge in [0.2, 0.25) is 6.29 Å². The van der Waals surface area contributed by atoms with E-state index in [-0.39, 0.29) is 5.56 Å². The van der Waals surface area contributed by atoms with Crippen molar-refractivity contribution >= 4 is 45.7 Å². The number of ether oxygens (including phenoxy) is 6. The zero-order valence-electron chi connectivity index (χ0n) is 19.5. The standard InChI is InChI=1S/C22H26BrNO11/c1-11(25)31-9-16-19(33-12(2)26)20(32-10-17(28)30-4)18(22(35-16)34-13(3)27)24-21(29)14-5-7-15(23)8-6-14/h5-8,16,18-20,22H,9-10H2,1-4H3,(H,24,29)/t16-,18-,19+,20+,22+/m0/s1. The molecule has 1 N–H and O–H groups in total. The molecule has 1 saturated heterocycles. The molecule has 0 unspecified atom stereocenters. The normalized spacial score (nSPS) is 23.5. The third kappa shape index (κ3) is 8.60. The topological polar surface area (TPSA) is 153 Å². The second-order valence-corrected chi connectivity index (χ2v) is 8.30. The molecule has 2 rings (SSSR count). The smallest absolute Gasteiger partial charge is 0.331 e. The number of nitrogens with one attached hydrogen (secondary N) is 1. The molecule has 1 aromatic rings. The van der Waals surface area contributed by atoms with Crippen LogP contribution in [-0.2, 0) is 47.6 Å². The van der Waals surface area contributed by atoms with E-state index >= 15 is 0 Å². The van der Waals surface area contributed by atoms with Crippen molar-refractivity contribution in [2.24, 2.45) is 0 Å². The van der Waals surface area contributed by atoms with Gasteiger partial charge in [-0.2, -0.15) is 0 Å². The fourth-order valence-electron chi connectivity index (χ4n) is 3.25. The minimum atomic E-state index is -1.44. The van der Waals surface area contributed by atoms with Crippen LogP contribution in [0.15, 0.2) is 28.7 Å². The average Bonchev–Trinajstić information content (AvgIpc) is 2.78. The summed E-state index contributed by atoms with van der Waals surface area (Å²) in [7, 11) is 1.15. The van der Waals surface area contributed by atoms with Crippen LogP contribution in [0, 0.1) is 0 Å². The molecule has 1 aliphatic heterocycles. The zero-order valence-corrected chi connectivity index (χ0v) is 21.1. The first-order valence-corrected chi connectivity index (χ1v) is 11.2. The number of esters is 4. The molecule has 12 nitrogen and oxygen atoms in total. The maximum absolute atomic E-state index is 13.0. The molecular weight excluding hydrogens is 534 g/mol. The summed E-state index contributed by atoms with van der Waals surface area (Å²) in [5, 5.41) is 2.66. The zero-order chi connectivity index (χ0) is 26.1. The van der Waals surface area contributed by atoms with Crippen LogP contribution >= 0.6 is 15.9 Å². The van der Waals surface area contributed by atoms with Gasteiger partial charge < -0.3 is 33.7 Å². The highest BCUT2D eigenvalue weighted by Gasteiger charge is 2.51. The number of carbonyl (C=O) groups excluding carboxylic acids is 5. The highest BCUT2D eigenvalue weighted by molar-refractivity contribution is 9.10. The second kappa shape index (κ2) is 13.2. The summed E-state index contributed by atoms with van der Waals surface area (Å²) >= 11 is 3.29. The molecule has 0 radical (unpaired) electrons. The van der Waals surface area contributed by atoms with Gasteiger partial charge in [0, 0.05) is 30.8 Å². The van der Waals surface area contributed by atoms with E-state index in [0.717, 1.165) is 25.4 Å². The van der Waals surface area contributed by atoms with Crippen LogP contribution < -0.4 is 5.32 Å². The van der Waals surface area contributed by atoms with Crippen molar-refractivity contribution in [3.05, 3.63) is 34.3 Å². The lowest BCUT2D eigenvalue weighted by atomic mass is 9.95. The number of hydrogen-bond donors (Lipinski definition) is 1. The van der Waals surface area contributed by atoms with Crippen LogP contribution in [0.1, 0.15) is 31.1 Å². The van der Waals surface area contributed by atoms with Crippen molar-refractivity contribution in [3.63, 3.8) is 0 Å². The lowest BCUT2D eigenvalue weighted by molar-refractivity contribution is -0.273. The van der Waals surface area contributed by atoms with E-state index in [0.29, 0.717) is 0 Å². The minimum Gasteiger partial charge on any atom is -0.467 e. The largest absolute Gasteiger partial charge is 0.467 e. The number of rotatable bonds is 9. The van der Waals surface area contributed by atoms with Crippen molar-refractivity contribution < 1.29 is 52.4 Å². The van der Waals surface area contributed by atoms with Crippen molar-refractivity contribution in [2.45, 2.75) is 51.4 Å². The Labute approximate surface area is 209 Å². The highest BCUT2D eigenvalue weighted by Crippen LogP contribution is 2.28. The van der Waals surface area contributed by atoms with Gasteiger partial charge in [-0.25, -0.2) is 4.79 Å². The number of amides is 1. The third-order valence-electron chi connectivity index (χ3n) is 4.71. The molecule has 192 valence electrons. The van der Waals surface area contributed by atoms with Gasteiger partial charge in [0.05, 0.1) is 7.11 Å². The lowest BCUT2D eigenvalue weighted by Crippen LogP contribution is -2.66. The fraction of sp³-hybridized carbons (Fsp3) is 0.500. The molecule has 0 aliphatic carbocycles. The third-order valence-corrected chi connectivity index (χ3v) is 5.24.